The van der Waals surface area contributed by atoms with Gasteiger partial charge in [0.2, 0.25) is 0 Å². The van der Waals surface area contributed by atoms with E-state index in [0.29, 0.717) is 12.4 Å². The van der Waals surface area contributed by atoms with E-state index < -0.39 is 5.60 Å². The summed E-state index contributed by atoms with van der Waals surface area (Å²) in [5, 5.41) is 4.17. The lowest BCUT2D eigenvalue weighted by atomic mass is 10.0. The van der Waals surface area contributed by atoms with Gasteiger partial charge in [0.05, 0.1) is 17.2 Å². The normalized spacial score (nSPS) is 16.8. The molecular weight excluding hydrogens is 394 g/mol. The van der Waals surface area contributed by atoms with Crippen LogP contribution in [-0.4, -0.2) is 45.8 Å². The fraction of sp³-hybridized carbons (Fsp3) is 0.391. The molecule has 0 unspecified atom stereocenters. The van der Waals surface area contributed by atoms with Gasteiger partial charge in [-0.2, -0.15) is 0 Å². The molecule has 1 amide bonds. The topological polar surface area (TPSA) is 100 Å². The number of carbonyl (C=O) groups is 1. The molecule has 2 aromatic heterocycles. The summed E-state index contributed by atoms with van der Waals surface area (Å²) >= 11 is 0. The molecule has 1 saturated heterocycles. The number of amides is 1. The number of hydrogen-bond donors (Lipinski definition) is 2. The Labute approximate surface area is 180 Å². The van der Waals surface area contributed by atoms with Gasteiger partial charge in [-0.3, -0.25) is 14.7 Å². The zero-order valence-corrected chi connectivity index (χ0v) is 18.0. The van der Waals surface area contributed by atoms with Crippen LogP contribution in [0.25, 0.3) is 22.3 Å². The van der Waals surface area contributed by atoms with E-state index in [2.05, 4.69) is 20.3 Å². The maximum Gasteiger partial charge on any atom is 0.415 e. The molecule has 0 saturated carbocycles. The Balaban J connectivity index is 1.84. The minimum Gasteiger partial charge on any atom is -0.443 e. The van der Waals surface area contributed by atoms with Crippen LogP contribution in [0.4, 0.5) is 10.5 Å². The van der Waals surface area contributed by atoms with Crippen LogP contribution in [0.1, 0.15) is 33.6 Å². The average molecular weight is 422 g/mol. The van der Waals surface area contributed by atoms with Crippen molar-refractivity contribution in [3.8, 4) is 11.4 Å². The van der Waals surface area contributed by atoms with Crippen molar-refractivity contribution >= 4 is 22.7 Å². The Kier molecular flexibility index (Phi) is 5.73. The summed E-state index contributed by atoms with van der Waals surface area (Å²) in [5.41, 5.74) is 1.38. The number of nitrogens with zero attached hydrogens (tertiary/aromatic N) is 3. The quantitative estimate of drug-likeness (QED) is 0.672. The van der Waals surface area contributed by atoms with Gasteiger partial charge in [-0.05, 0) is 64.4 Å². The molecular formula is C23H27N5O3. The van der Waals surface area contributed by atoms with Crippen LogP contribution in [-0.2, 0) is 4.74 Å². The highest BCUT2D eigenvalue weighted by atomic mass is 16.6. The minimum atomic E-state index is -0.612. The molecule has 0 spiro atoms. The number of aromatic nitrogens is 3. The number of carbonyl (C=O) groups excluding carboxylic acids is 1. The number of benzene rings is 1. The van der Waals surface area contributed by atoms with E-state index in [9.17, 15) is 9.59 Å². The number of piperidine rings is 1. The molecule has 1 aromatic carbocycles. The van der Waals surface area contributed by atoms with E-state index in [1.165, 1.54) is 12.3 Å². The predicted octanol–water partition coefficient (Wildman–Crippen LogP) is 3.48. The second-order valence-electron chi connectivity index (χ2n) is 8.70. The molecule has 3 heterocycles. The molecule has 8 heteroatoms. The molecule has 1 fully saturated rings. The van der Waals surface area contributed by atoms with Crippen LogP contribution < -0.4 is 15.8 Å². The van der Waals surface area contributed by atoms with Crippen LogP contribution in [0.3, 0.4) is 0 Å². The van der Waals surface area contributed by atoms with Gasteiger partial charge >= 0.3 is 6.09 Å². The fourth-order valence-electron chi connectivity index (χ4n) is 3.81. The Morgan fingerprint density at radius 1 is 1.16 bits per heavy atom. The predicted molar refractivity (Wildman–Crippen MR) is 120 cm³/mol. The van der Waals surface area contributed by atoms with Crippen LogP contribution >= 0.6 is 0 Å². The van der Waals surface area contributed by atoms with E-state index in [4.69, 9.17) is 4.74 Å². The van der Waals surface area contributed by atoms with Gasteiger partial charge in [0.15, 0.2) is 0 Å². The molecule has 3 aromatic rings. The summed E-state index contributed by atoms with van der Waals surface area (Å²) in [6.07, 6.45) is 4.65. The summed E-state index contributed by atoms with van der Waals surface area (Å²) < 4.78 is 5.77. The lowest BCUT2D eigenvalue weighted by molar-refractivity contribution is 0.0561. The van der Waals surface area contributed by atoms with Crippen LogP contribution in [0.15, 0.2) is 47.5 Å². The van der Waals surface area contributed by atoms with Crippen molar-refractivity contribution < 1.29 is 9.53 Å². The highest BCUT2D eigenvalue weighted by molar-refractivity contribution is 6.01. The number of rotatable bonds is 3. The second-order valence-corrected chi connectivity index (χ2v) is 8.70. The van der Waals surface area contributed by atoms with Crippen molar-refractivity contribution in [3.05, 3.63) is 53.1 Å². The number of nitrogens with one attached hydrogen (secondary N) is 2. The molecule has 162 valence electrons. The fourth-order valence-corrected chi connectivity index (χ4v) is 3.81. The van der Waals surface area contributed by atoms with Gasteiger partial charge in [0.25, 0.3) is 5.56 Å². The number of fused-ring (bicyclic) bond motifs is 1. The molecule has 1 aliphatic heterocycles. The molecule has 0 radical (unpaired) electrons. The Morgan fingerprint density at radius 2 is 1.97 bits per heavy atom. The Bertz CT molecular complexity index is 1150. The van der Waals surface area contributed by atoms with Crippen molar-refractivity contribution in [3.63, 3.8) is 0 Å². The van der Waals surface area contributed by atoms with Gasteiger partial charge in [-0.15, -0.1) is 0 Å². The summed E-state index contributed by atoms with van der Waals surface area (Å²) in [5.74, 6) is 0.465. The molecule has 31 heavy (non-hydrogen) atoms. The Morgan fingerprint density at radius 3 is 2.68 bits per heavy atom. The van der Waals surface area contributed by atoms with Gasteiger partial charge in [-0.25, -0.2) is 9.78 Å². The third-order valence-electron chi connectivity index (χ3n) is 5.15. The minimum absolute atomic E-state index is 0.0347. The highest BCUT2D eigenvalue weighted by Crippen LogP contribution is 2.32. The number of H-pyrrole nitrogens is 1. The summed E-state index contributed by atoms with van der Waals surface area (Å²) in [7, 11) is 0. The second kappa shape index (κ2) is 8.47. The molecule has 2 N–H and O–H groups in total. The third-order valence-corrected chi connectivity index (χ3v) is 5.15. The first kappa shape index (κ1) is 21.0. The van der Waals surface area contributed by atoms with E-state index in [1.807, 2.05) is 45.0 Å². The Hall–Kier alpha value is -3.26. The zero-order valence-electron chi connectivity index (χ0n) is 18.0. The van der Waals surface area contributed by atoms with Crippen molar-refractivity contribution in [2.75, 3.05) is 18.0 Å². The maximum atomic E-state index is 13.3. The molecule has 8 nitrogen and oxygen atoms in total. The summed E-state index contributed by atoms with van der Waals surface area (Å²) in [6, 6.07) is 8.81. The van der Waals surface area contributed by atoms with E-state index in [1.54, 1.807) is 11.1 Å². The number of hydrogen-bond acceptors (Lipinski definition) is 6. The zero-order chi connectivity index (χ0) is 22.0. The number of ether oxygens (including phenoxy) is 1. The van der Waals surface area contributed by atoms with Crippen LogP contribution in [0, 0.1) is 0 Å². The first-order chi connectivity index (χ1) is 14.8. The third kappa shape index (κ3) is 4.74. The van der Waals surface area contributed by atoms with Crippen LogP contribution in [0.5, 0.6) is 0 Å². The van der Waals surface area contributed by atoms with Crippen molar-refractivity contribution in [1.82, 2.24) is 20.3 Å². The molecule has 4 rings (SSSR count). The molecule has 0 aliphatic carbocycles. The SMILES string of the molecule is CC(C)(C)OC(=O)N(c1ccnc2ccc(-c3nccc(=O)[nH]3)cc12)[C@H]1CCCNC1. The summed E-state index contributed by atoms with van der Waals surface area (Å²) in [6.45, 7) is 7.22. The van der Waals surface area contributed by atoms with Crippen LogP contribution in [0.2, 0.25) is 0 Å². The smallest absolute Gasteiger partial charge is 0.415 e. The summed E-state index contributed by atoms with van der Waals surface area (Å²) in [4.78, 5) is 38.3. The largest absolute Gasteiger partial charge is 0.443 e. The number of pyridine rings is 1. The van der Waals surface area contributed by atoms with E-state index in [-0.39, 0.29) is 17.7 Å². The van der Waals surface area contributed by atoms with E-state index in [0.717, 1.165) is 41.5 Å². The van der Waals surface area contributed by atoms with Gasteiger partial charge in [0, 0.05) is 36.0 Å². The number of aromatic amines is 1. The molecule has 0 bridgehead atoms. The van der Waals surface area contributed by atoms with Crippen molar-refractivity contribution in [2.24, 2.45) is 0 Å². The monoisotopic (exact) mass is 421 g/mol. The first-order valence-corrected chi connectivity index (χ1v) is 10.5. The lowest BCUT2D eigenvalue weighted by Crippen LogP contribution is -2.50. The van der Waals surface area contributed by atoms with Gasteiger partial charge < -0.3 is 15.0 Å². The van der Waals surface area contributed by atoms with Crippen molar-refractivity contribution in [2.45, 2.75) is 45.3 Å². The van der Waals surface area contributed by atoms with Crippen molar-refractivity contribution in [1.29, 1.82) is 0 Å². The lowest BCUT2D eigenvalue weighted by Gasteiger charge is -2.36. The molecule has 1 atom stereocenters. The highest BCUT2D eigenvalue weighted by Gasteiger charge is 2.32. The first-order valence-electron chi connectivity index (χ1n) is 10.5. The molecule has 1 aliphatic rings. The standard InChI is InChI=1S/C23H27N5O3/c1-23(2,3)31-22(30)28(16-5-4-10-24-14-16)19-8-11-25-18-7-6-15(13-17(18)19)21-26-12-9-20(29)27-21/h6-9,11-13,16,24H,4-5,10,14H2,1-3H3,(H,26,27,29)/t16-/m0/s1. The maximum absolute atomic E-state index is 13.3. The van der Waals surface area contributed by atoms with Gasteiger partial charge in [0.1, 0.15) is 11.4 Å². The van der Waals surface area contributed by atoms with Gasteiger partial charge in [-0.1, -0.05) is 0 Å². The number of anilines is 1. The van der Waals surface area contributed by atoms with E-state index >= 15 is 0 Å². The average Bonchev–Trinajstić information content (AvgIpc) is 2.73.